The molecular formula is C24H14ClF3N2O4. The maximum absolute atomic E-state index is 13.8. The van der Waals surface area contributed by atoms with E-state index in [0.29, 0.717) is 5.56 Å². The lowest BCUT2D eigenvalue weighted by atomic mass is 10.0. The second kappa shape index (κ2) is 9.03. The van der Waals surface area contributed by atoms with Crippen molar-refractivity contribution in [3.8, 4) is 22.6 Å². The minimum Gasteiger partial charge on any atom is -0.478 e. The van der Waals surface area contributed by atoms with E-state index in [9.17, 15) is 22.8 Å². The largest absolute Gasteiger partial charge is 0.478 e. The first-order valence-electron chi connectivity index (χ1n) is 9.72. The van der Waals surface area contributed by atoms with Crippen LogP contribution in [0, 0.1) is 0 Å². The Kier molecular flexibility index (Phi) is 6.12. The Balaban J connectivity index is 1.86. The minimum absolute atomic E-state index is 0.0270. The van der Waals surface area contributed by atoms with Gasteiger partial charge >= 0.3 is 12.1 Å². The van der Waals surface area contributed by atoms with Crippen molar-refractivity contribution in [1.82, 2.24) is 5.16 Å². The van der Waals surface area contributed by atoms with Gasteiger partial charge in [-0.05, 0) is 36.4 Å². The molecule has 0 aliphatic carbocycles. The summed E-state index contributed by atoms with van der Waals surface area (Å²) >= 11 is 6.15. The fourth-order valence-corrected chi connectivity index (χ4v) is 3.58. The molecule has 1 heterocycles. The first-order valence-corrected chi connectivity index (χ1v) is 10.1. The van der Waals surface area contributed by atoms with Crippen LogP contribution in [0.15, 0.2) is 77.3 Å². The molecule has 10 heteroatoms. The monoisotopic (exact) mass is 486 g/mol. The Hall–Kier alpha value is -4.11. The molecule has 0 saturated heterocycles. The quantitative estimate of drug-likeness (QED) is 0.330. The summed E-state index contributed by atoms with van der Waals surface area (Å²) in [6, 6.07) is 16.7. The van der Waals surface area contributed by atoms with Crippen LogP contribution in [0.2, 0.25) is 5.02 Å². The first-order chi connectivity index (χ1) is 16.2. The van der Waals surface area contributed by atoms with E-state index in [-0.39, 0.29) is 33.3 Å². The summed E-state index contributed by atoms with van der Waals surface area (Å²) in [5, 5.41) is 15.2. The van der Waals surface area contributed by atoms with Crippen LogP contribution in [0.4, 0.5) is 18.9 Å². The van der Waals surface area contributed by atoms with E-state index in [0.717, 1.165) is 12.1 Å². The van der Waals surface area contributed by atoms with E-state index < -0.39 is 29.2 Å². The van der Waals surface area contributed by atoms with Gasteiger partial charge < -0.3 is 14.9 Å². The first kappa shape index (κ1) is 23.1. The van der Waals surface area contributed by atoms with E-state index in [2.05, 4.69) is 10.5 Å². The van der Waals surface area contributed by atoms with E-state index >= 15 is 0 Å². The number of hydrogen-bond donors (Lipinski definition) is 2. The Morgan fingerprint density at radius 2 is 1.56 bits per heavy atom. The highest BCUT2D eigenvalue weighted by molar-refractivity contribution is 6.33. The fourth-order valence-electron chi connectivity index (χ4n) is 3.31. The maximum Gasteiger partial charge on any atom is 0.417 e. The molecule has 0 bridgehead atoms. The van der Waals surface area contributed by atoms with Crippen molar-refractivity contribution in [2.45, 2.75) is 6.18 Å². The third-order valence-corrected chi connectivity index (χ3v) is 5.23. The van der Waals surface area contributed by atoms with Gasteiger partial charge in [0.1, 0.15) is 11.4 Å². The molecule has 4 rings (SSSR count). The van der Waals surface area contributed by atoms with E-state index in [4.69, 9.17) is 21.2 Å². The van der Waals surface area contributed by atoms with E-state index in [1.807, 2.05) is 0 Å². The zero-order valence-electron chi connectivity index (χ0n) is 17.1. The lowest BCUT2D eigenvalue weighted by Gasteiger charge is -2.14. The zero-order chi connectivity index (χ0) is 24.5. The average molecular weight is 487 g/mol. The maximum atomic E-state index is 13.8. The van der Waals surface area contributed by atoms with Gasteiger partial charge in [-0.15, -0.1) is 0 Å². The summed E-state index contributed by atoms with van der Waals surface area (Å²) < 4.78 is 46.6. The molecular weight excluding hydrogens is 473 g/mol. The number of hydrogen-bond acceptors (Lipinski definition) is 4. The van der Waals surface area contributed by atoms with Crippen LogP contribution in [-0.2, 0) is 6.18 Å². The van der Waals surface area contributed by atoms with Gasteiger partial charge in [0.2, 0.25) is 0 Å². The van der Waals surface area contributed by atoms with Gasteiger partial charge in [0, 0.05) is 16.7 Å². The standard InChI is InChI=1S/C24H14ClF3N2O4/c25-17-8-4-7-16(24(26,27)28)18(17)19-20(21(34-30-19)13-5-2-1-3-6-13)29-22(31)14-9-11-15(12-10-14)23(32)33/h1-12H,(H,29,31)(H,32,33). The van der Waals surface area contributed by atoms with Crippen LogP contribution in [-0.4, -0.2) is 22.1 Å². The van der Waals surface area contributed by atoms with Crippen LogP contribution in [0.25, 0.3) is 22.6 Å². The Labute approximate surface area is 195 Å². The molecule has 34 heavy (non-hydrogen) atoms. The number of halogens is 4. The van der Waals surface area contributed by atoms with Gasteiger partial charge in [0.15, 0.2) is 5.76 Å². The van der Waals surface area contributed by atoms with Crippen LogP contribution < -0.4 is 5.32 Å². The van der Waals surface area contributed by atoms with E-state index in [1.54, 1.807) is 30.3 Å². The second-order valence-corrected chi connectivity index (χ2v) is 7.51. The number of nitrogens with one attached hydrogen (secondary N) is 1. The van der Waals surface area contributed by atoms with Gasteiger partial charge in [0.05, 0.1) is 16.1 Å². The SMILES string of the molecule is O=C(O)c1ccc(C(=O)Nc2c(-c3c(Cl)cccc3C(F)(F)F)noc2-c2ccccc2)cc1. The molecule has 0 spiro atoms. The molecule has 2 N–H and O–H groups in total. The van der Waals surface area contributed by atoms with Crippen LogP contribution in [0.5, 0.6) is 0 Å². The molecule has 1 amide bonds. The number of alkyl halides is 3. The molecule has 0 fully saturated rings. The van der Waals surface area contributed by atoms with E-state index in [1.165, 1.54) is 30.3 Å². The molecule has 0 aliphatic heterocycles. The number of carboxylic acid groups (broad SMARTS) is 1. The number of carbonyl (C=O) groups is 2. The third kappa shape index (κ3) is 4.51. The summed E-state index contributed by atoms with van der Waals surface area (Å²) in [7, 11) is 0. The third-order valence-electron chi connectivity index (χ3n) is 4.92. The summed E-state index contributed by atoms with van der Waals surface area (Å²) in [6.07, 6.45) is -4.75. The smallest absolute Gasteiger partial charge is 0.417 e. The topological polar surface area (TPSA) is 92.4 Å². The molecule has 0 saturated carbocycles. The minimum atomic E-state index is -4.75. The zero-order valence-corrected chi connectivity index (χ0v) is 17.8. The van der Waals surface area contributed by atoms with Gasteiger partial charge in [-0.2, -0.15) is 13.2 Å². The van der Waals surface area contributed by atoms with Crippen molar-refractivity contribution in [1.29, 1.82) is 0 Å². The molecule has 0 atom stereocenters. The highest BCUT2D eigenvalue weighted by atomic mass is 35.5. The highest BCUT2D eigenvalue weighted by Crippen LogP contribution is 2.45. The number of aromatic nitrogens is 1. The average Bonchev–Trinajstić information content (AvgIpc) is 3.22. The van der Waals surface area contributed by atoms with Crippen LogP contribution >= 0.6 is 11.6 Å². The van der Waals surface area contributed by atoms with Gasteiger partial charge in [-0.1, -0.05) is 53.2 Å². The van der Waals surface area contributed by atoms with Crippen LogP contribution in [0.3, 0.4) is 0 Å². The number of benzene rings is 3. The molecule has 4 aromatic rings. The number of aromatic carboxylic acids is 1. The Bertz CT molecular complexity index is 1370. The predicted molar refractivity (Wildman–Crippen MR) is 119 cm³/mol. The van der Waals surface area contributed by atoms with Crippen molar-refractivity contribution in [2.75, 3.05) is 5.32 Å². The van der Waals surface area contributed by atoms with Crippen molar-refractivity contribution in [3.63, 3.8) is 0 Å². The number of rotatable bonds is 5. The molecule has 0 radical (unpaired) electrons. The number of anilines is 1. The molecule has 3 aromatic carbocycles. The molecule has 172 valence electrons. The molecule has 0 unspecified atom stereocenters. The Morgan fingerprint density at radius 1 is 0.912 bits per heavy atom. The number of nitrogens with zero attached hydrogens (tertiary/aromatic N) is 1. The number of carbonyl (C=O) groups excluding carboxylic acids is 1. The molecule has 1 aromatic heterocycles. The summed E-state index contributed by atoms with van der Waals surface area (Å²) in [5.74, 6) is -1.85. The summed E-state index contributed by atoms with van der Waals surface area (Å²) in [5.41, 5.74) is -1.40. The predicted octanol–water partition coefficient (Wildman–Crippen LogP) is 6.63. The van der Waals surface area contributed by atoms with Crippen molar-refractivity contribution < 1.29 is 32.4 Å². The van der Waals surface area contributed by atoms with Crippen LogP contribution in [0.1, 0.15) is 26.3 Å². The van der Waals surface area contributed by atoms with Crippen molar-refractivity contribution in [3.05, 3.63) is 94.5 Å². The van der Waals surface area contributed by atoms with Crippen molar-refractivity contribution in [2.24, 2.45) is 0 Å². The summed E-state index contributed by atoms with van der Waals surface area (Å²) in [4.78, 5) is 24.0. The molecule has 6 nitrogen and oxygen atoms in total. The fraction of sp³-hybridized carbons (Fsp3) is 0.0417. The number of carboxylic acids is 1. The lowest BCUT2D eigenvalue weighted by Crippen LogP contribution is -2.14. The van der Waals surface area contributed by atoms with Gasteiger partial charge in [0.25, 0.3) is 5.91 Å². The highest BCUT2D eigenvalue weighted by Gasteiger charge is 2.37. The lowest BCUT2D eigenvalue weighted by molar-refractivity contribution is -0.137. The van der Waals surface area contributed by atoms with Crippen molar-refractivity contribution >= 4 is 29.2 Å². The normalized spacial score (nSPS) is 11.3. The number of amides is 1. The second-order valence-electron chi connectivity index (χ2n) is 7.10. The molecule has 0 aliphatic rings. The summed E-state index contributed by atoms with van der Waals surface area (Å²) in [6.45, 7) is 0. The Morgan fingerprint density at radius 3 is 2.18 bits per heavy atom. The van der Waals surface area contributed by atoms with Gasteiger partial charge in [-0.25, -0.2) is 4.79 Å². The van der Waals surface area contributed by atoms with Gasteiger partial charge in [-0.3, -0.25) is 4.79 Å².